The molecule has 0 saturated heterocycles. The zero-order valence-electron chi connectivity index (χ0n) is 11.6. The molecule has 3 atom stereocenters. The summed E-state index contributed by atoms with van der Waals surface area (Å²) in [6.45, 7) is 8.10. The molecular weight excluding hydrogens is 214 g/mol. The van der Waals surface area contributed by atoms with E-state index in [1.54, 1.807) is 6.92 Å². The van der Waals surface area contributed by atoms with Gasteiger partial charge in [0.05, 0.1) is 6.10 Å². The minimum atomic E-state index is -0.357. The van der Waals surface area contributed by atoms with E-state index in [-0.39, 0.29) is 29.4 Å². The minimum absolute atomic E-state index is 0.0558. The van der Waals surface area contributed by atoms with E-state index in [2.05, 4.69) is 19.2 Å². The lowest BCUT2D eigenvalue weighted by atomic mass is 9.68. The predicted octanol–water partition coefficient (Wildman–Crippen LogP) is 2.48. The lowest BCUT2D eigenvalue weighted by Gasteiger charge is -2.38. The van der Waals surface area contributed by atoms with Gasteiger partial charge in [0.1, 0.15) is 0 Å². The van der Waals surface area contributed by atoms with Crippen LogP contribution in [0.4, 0.5) is 0 Å². The average Bonchev–Trinajstić information content (AvgIpc) is 2.14. The van der Waals surface area contributed by atoms with Crippen LogP contribution in [0.15, 0.2) is 0 Å². The second-order valence-electron chi connectivity index (χ2n) is 6.28. The van der Waals surface area contributed by atoms with Crippen molar-refractivity contribution in [3.63, 3.8) is 0 Å². The Kier molecular flexibility index (Phi) is 4.99. The van der Waals surface area contributed by atoms with Gasteiger partial charge in [-0.3, -0.25) is 4.79 Å². The molecule has 3 unspecified atom stereocenters. The monoisotopic (exact) mass is 241 g/mol. The zero-order chi connectivity index (χ0) is 13.1. The van der Waals surface area contributed by atoms with Gasteiger partial charge < -0.3 is 10.4 Å². The van der Waals surface area contributed by atoms with E-state index in [0.29, 0.717) is 6.42 Å². The number of amides is 1. The Balaban J connectivity index is 2.51. The molecule has 2 N–H and O–H groups in total. The molecule has 0 radical (unpaired) electrons. The molecule has 100 valence electrons. The van der Waals surface area contributed by atoms with Crippen LogP contribution in [0.2, 0.25) is 0 Å². The molecule has 0 aromatic carbocycles. The highest BCUT2D eigenvalue weighted by atomic mass is 16.3. The summed E-state index contributed by atoms with van der Waals surface area (Å²) < 4.78 is 0. The molecule has 0 spiro atoms. The van der Waals surface area contributed by atoms with Crippen LogP contribution in [0.3, 0.4) is 0 Å². The zero-order valence-corrected chi connectivity index (χ0v) is 11.6. The van der Waals surface area contributed by atoms with E-state index >= 15 is 0 Å². The normalized spacial score (nSPS) is 27.2. The maximum atomic E-state index is 12.2. The Morgan fingerprint density at radius 3 is 2.59 bits per heavy atom. The van der Waals surface area contributed by atoms with E-state index in [0.717, 1.165) is 19.3 Å². The van der Waals surface area contributed by atoms with Crippen LogP contribution in [0.1, 0.15) is 59.8 Å². The van der Waals surface area contributed by atoms with Crippen LogP contribution < -0.4 is 5.32 Å². The first kappa shape index (κ1) is 14.5. The third-order valence-electron chi connectivity index (χ3n) is 3.91. The van der Waals surface area contributed by atoms with Gasteiger partial charge >= 0.3 is 0 Å². The highest BCUT2D eigenvalue weighted by Crippen LogP contribution is 2.40. The van der Waals surface area contributed by atoms with E-state index in [1.165, 1.54) is 6.42 Å². The first-order valence-corrected chi connectivity index (χ1v) is 6.81. The lowest BCUT2D eigenvalue weighted by molar-refractivity contribution is -0.131. The van der Waals surface area contributed by atoms with E-state index in [9.17, 15) is 9.90 Å². The molecule has 0 aliphatic heterocycles. The summed E-state index contributed by atoms with van der Waals surface area (Å²) in [5.41, 5.74) is 0.118. The summed E-state index contributed by atoms with van der Waals surface area (Å²) in [7, 11) is 0. The Labute approximate surface area is 105 Å². The van der Waals surface area contributed by atoms with Crippen LogP contribution in [-0.2, 0) is 4.79 Å². The average molecular weight is 241 g/mol. The highest BCUT2D eigenvalue weighted by Gasteiger charge is 2.37. The Hall–Kier alpha value is -0.570. The molecule has 3 nitrogen and oxygen atoms in total. The van der Waals surface area contributed by atoms with Gasteiger partial charge in [0.15, 0.2) is 0 Å². The van der Waals surface area contributed by atoms with Crippen molar-refractivity contribution in [2.24, 2.45) is 11.3 Å². The van der Waals surface area contributed by atoms with Gasteiger partial charge in [-0.05, 0) is 38.5 Å². The van der Waals surface area contributed by atoms with Crippen molar-refractivity contribution in [3.05, 3.63) is 0 Å². The number of nitrogens with one attached hydrogen (secondary N) is 1. The molecule has 0 aromatic heterocycles. The van der Waals surface area contributed by atoms with Crippen LogP contribution in [0, 0.1) is 11.3 Å². The van der Waals surface area contributed by atoms with Crippen molar-refractivity contribution >= 4 is 5.91 Å². The van der Waals surface area contributed by atoms with Crippen molar-refractivity contribution in [1.29, 1.82) is 0 Å². The summed E-state index contributed by atoms with van der Waals surface area (Å²) in [5.74, 6) is 0.301. The molecule has 0 aromatic rings. The molecule has 1 aliphatic carbocycles. The van der Waals surface area contributed by atoms with E-state index in [4.69, 9.17) is 0 Å². The Morgan fingerprint density at radius 1 is 1.41 bits per heavy atom. The maximum Gasteiger partial charge on any atom is 0.223 e. The second kappa shape index (κ2) is 5.85. The van der Waals surface area contributed by atoms with Crippen molar-refractivity contribution in [3.8, 4) is 0 Å². The van der Waals surface area contributed by atoms with Crippen LogP contribution in [0.5, 0.6) is 0 Å². The van der Waals surface area contributed by atoms with Gasteiger partial charge in [-0.15, -0.1) is 0 Å². The standard InChI is InChI=1S/C14H27NO2/c1-10(9-11(2)16)15-13(17)12-7-5-6-8-14(12,3)4/h10-12,16H,5-9H2,1-4H3,(H,15,17). The molecule has 1 rings (SSSR count). The van der Waals surface area contributed by atoms with Crippen LogP contribution in [0.25, 0.3) is 0 Å². The largest absolute Gasteiger partial charge is 0.393 e. The highest BCUT2D eigenvalue weighted by molar-refractivity contribution is 5.79. The number of hydrogen-bond acceptors (Lipinski definition) is 2. The summed E-state index contributed by atoms with van der Waals surface area (Å²) in [6.07, 6.45) is 4.80. The second-order valence-corrected chi connectivity index (χ2v) is 6.28. The van der Waals surface area contributed by atoms with E-state index < -0.39 is 0 Å². The van der Waals surface area contributed by atoms with Crippen LogP contribution >= 0.6 is 0 Å². The quantitative estimate of drug-likeness (QED) is 0.794. The minimum Gasteiger partial charge on any atom is -0.393 e. The molecule has 1 fully saturated rings. The third-order valence-corrected chi connectivity index (χ3v) is 3.91. The summed E-state index contributed by atoms with van der Waals surface area (Å²) in [6, 6.07) is 0.0558. The molecule has 1 saturated carbocycles. The molecule has 1 amide bonds. The van der Waals surface area contributed by atoms with Crippen molar-refractivity contribution in [1.82, 2.24) is 5.32 Å². The number of carbonyl (C=O) groups excluding carboxylic acids is 1. The first-order valence-electron chi connectivity index (χ1n) is 6.81. The number of carbonyl (C=O) groups is 1. The number of aliphatic hydroxyl groups excluding tert-OH is 1. The first-order chi connectivity index (χ1) is 7.83. The lowest BCUT2D eigenvalue weighted by Crippen LogP contribution is -2.44. The van der Waals surface area contributed by atoms with Gasteiger partial charge in [-0.25, -0.2) is 0 Å². The van der Waals surface area contributed by atoms with Gasteiger partial charge in [-0.2, -0.15) is 0 Å². The molecular formula is C14H27NO2. The van der Waals surface area contributed by atoms with Gasteiger partial charge in [-0.1, -0.05) is 26.7 Å². The molecule has 3 heteroatoms. The smallest absolute Gasteiger partial charge is 0.223 e. The summed E-state index contributed by atoms with van der Waals surface area (Å²) >= 11 is 0. The molecule has 17 heavy (non-hydrogen) atoms. The topological polar surface area (TPSA) is 49.3 Å². The fourth-order valence-corrected chi connectivity index (χ4v) is 2.89. The number of hydrogen-bond donors (Lipinski definition) is 2. The van der Waals surface area contributed by atoms with Crippen molar-refractivity contribution < 1.29 is 9.90 Å². The van der Waals surface area contributed by atoms with Crippen molar-refractivity contribution in [2.45, 2.75) is 71.9 Å². The third kappa shape index (κ3) is 4.30. The Morgan fingerprint density at radius 2 is 2.06 bits per heavy atom. The fourth-order valence-electron chi connectivity index (χ4n) is 2.89. The number of rotatable bonds is 4. The predicted molar refractivity (Wildman–Crippen MR) is 69.6 cm³/mol. The van der Waals surface area contributed by atoms with Crippen molar-refractivity contribution in [2.75, 3.05) is 0 Å². The van der Waals surface area contributed by atoms with Gasteiger partial charge in [0.25, 0.3) is 0 Å². The van der Waals surface area contributed by atoms with E-state index in [1.807, 2.05) is 6.92 Å². The fraction of sp³-hybridized carbons (Fsp3) is 0.929. The molecule has 1 aliphatic rings. The van der Waals surface area contributed by atoms with Gasteiger partial charge in [0.2, 0.25) is 5.91 Å². The SMILES string of the molecule is CC(O)CC(C)NC(=O)C1CCCCC1(C)C. The summed E-state index contributed by atoms with van der Waals surface area (Å²) in [4.78, 5) is 12.2. The van der Waals surface area contributed by atoms with Gasteiger partial charge in [0, 0.05) is 12.0 Å². The molecule has 0 heterocycles. The molecule has 0 bridgehead atoms. The van der Waals surface area contributed by atoms with Crippen LogP contribution in [-0.4, -0.2) is 23.2 Å². The maximum absolute atomic E-state index is 12.2. The summed E-state index contributed by atoms with van der Waals surface area (Å²) in [5, 5.41) is 12.3. The number of aliphatic hydroxyl groups is 1. The Bertz CT molecular complexity index is 261.